The smallest absolute Gasteiger partial charge is 0.183 e. The molecule has 3 aliphatic rings. The number of fused-ring (bicyclic) bond motifs is 1. The molecule has 1 aliphatic heterocycles. The van der Waals surface area contributed by atoms with Crippen LogP contribution in [0.5, 0.6) is 0 Å². The fourth-order valence-corrected chi connectivity index (χ4v) is 7.36. The number of nitrogens with zero attached hydrogens (tertiary/aromatic N) is 5. The van der Waals surface area contributed by atoms with Crippen LogP contribution in [0.15, 0.2) is 18.5 Å². The molecule has 0 bridgehead atoms. The van der Waals surface area contributed by atoms with Crippen LogP contribution in [0.1, 0.15) is 84.9 Å². The molecule has 2 fully saturated rings. The number of hydrogen-bond donors (Lipinski definition) is 1. The number of allylic oxidation sites excluding steroid dienone is 1. The van der Waals surface area contributed by atoms with Gasteiger partial charge in [-0.05, 0) is 87.9 Å². The molecule has 2 aromatic rings. The van der Waals surface area contributed by atoms with Crippen LogP contribution in [0.4, 0.5) is 5.82 Å². The van der Waals surface area contributed by atoms with Crippen molar-refractivity contribution in [3.63, 3.8) is 0 Å². The van der Waals surface area contributed by atoms with Gasteiger partial charge in [0.15, 0.2) is 11.5 Å². The summed E-state index contributed by atoms with van der Waals surface area (Å²) < 4.78 is 2.17. The minimum atomic E-state index is -0.380. The predicted molar refractivity (Wildman–Crippen MR) is 128 cm³/mol. The van der Waals surface area contributed by atoms with Crippen molar-refractivity contribution in [1.82, 2.24) is 19.5 Å². The van der Waals surface area contributed by atoms with Crippen LogP contribution >= 0.6 is 0 Å². The van der Waals surface area contributed by atoms with Crippen molar-refractivity contribution in [3.05, 3.63) is 24.3 Å². The highest BCUT2D eigenvalue weighted by Gasteiger charge is 2.54. The quantitative estimate of drug-likeness (QED) is 0.590. The van der Waals surface area contributed by atoms with Gasteiger partial charge in [0.2, 0.25) is 0 Å². The van der Waals surface area contributed by atoms with Crippen LogP contribution in [-0.4, -0.2) is 30.3 Å². The molecule has 0 radical (unpaired) electrons. The van der Waals surface area contributed by atoms with Gasteiger partial charge in [-0.2, -0.15) is 0 Å². The summed E-state index contributed by atoms with van der Waals surface area (Å²) in [7, 11) is 0. The highest BCUT2D eigenvalue weighted by molar-refractivity contribution is 5.84. The zero-order valence-electron chi connectivity index (χ0n) is 20.5. The van der Waals surface area contributed by atoms with E-state index in [1.807, 2.05) is 6.92 Å². The lowest BCUT2D eigenvalue weighted by atomic mass is 9.46. The van der Waals surface area contributed by atoms with Gasteiger partial charge in [-0.15, -0.1) is 0 Å². The minimum absolute atomic E-state index is 0.250. The number of hydroxylamine groups is 1. The third-order valence-electron chi connectivity index (χ3n) is 10.1. The van der Waals surface area contributed by atoms with E-state index in [1.165, 1.54) is 49.1 Å². The summed E-state index contributed by atoms with van der Waals surface area (Å²) in [6.45, 7) is 17.0. The molecule has 0 aromatic carbocycles. The second kappa shape index (κ2) is 7.28. The highest BCUT2D eigenvalue weighted by atomic mass is 16.5. The number of aromatic nitrogens is 4. The average Bonchev–Trinajstić information content (AvgIpc) is 3.04. The van der Waals surface area contributed by atoms with Gasteiger partial charge < -0.3 is 4.57 Å². The lowest BCUT2D eigenvalue weighted by Gasteiger charge is -2.59. The van der Waals surface area contributed by atoms with Crippen LogP contribution in [0.25, 0.3) is 11.2 Å². The molecule has 6 heteroatoms. The Morgan fingerprint density at radius 3 is 2.72 bits per heavy atom. The standard InChI is InChI=1S/C26H39N5O/c1-17-8-7-9-20-25(17,5)11-10-18(2)26(20,6)13-12-24(4)14-15-30-19(3)29-22-21(30)23(31(24)32)28-16-27-22/h16,18,20,32H,1,7-15H2,2-6H3/t18-,20-,24+,25+,26+/m1/s1. The van der Waals surface area contributed by atoms with Crippen molar-refractivity contribution in [2.45, 2.75) is 98.1 Å². The van der Waals surface area contributed by atoms with Crippen molar-refractivity contribution in [2.24, 2.45) is 22.7 Å². The molecule has 5 rings (SSSR count). The van der Waals surface area contributed by atoms with E-state index in [9.17, 15) is 5.21 Å². The van der Waals surface area contributed by atoms with Crippen molar-refractivity contribution in [3.8, 4) is 0 Å². The summed E-state index contributed by atoms with van der Waals surface area (Å²) in [4.78, 5) is 13.4. The molecule has 0 unspecified atom stereocenters. The maximum atomic E-state index is 11.5. The SMILES string of the molecule is C=C1CCC[C@H]2[C@@](C)(CC[C@@]3(C)CCn4c(C)nc5ncnc(c54)N3O)[C@H](C)CC[C@@]12C. The lowest BCUT2D eigenvalue weighted by Crippen LogP contribution is -2.52. The Bertz CT molecular complexity index is 1060. The third kappa shape index (κ3) is 2.98. The van der Waals surface area contributed by atoms with Crippen LogP contribution in [0.2, 0.25) is 0 Å². The molecular weight excluding hydrogens is 398 g/mol. The zero-order chi connectivity index (χ0) is 22.9. The Labute approximate surface area is 192 Å². The summed E-state index contributed by atoms with van der Waals surface area (Å²) in [5, 5.41) is 12.9. The normalized spacial score (nSPS) is 37.4. The van der Waals surface area contributed by atoms with E-state index in [-0.39, 0.29) is 16.4 Å². The van der Waals surface area contributed by atoms with E-state index < -0.39 is 0 Å². The molecule has 0 amide bonds. The summed E-state index contributed by atoms with van der Waals surface area (Å²) in [6, 6.07) is 0. The fraction of sp³-hybridized carbons (Fsp3) is 0.731. The molecule has 2 aromatic heterocycles. The van der Waals surface area contributed by atoms with Crippen LogP contribution in [-0.2, 0) is 6.54 Å². The van der Waals surface area contributed by atoms with Gasteiger partial charge in [0.25, 0.3) is 0 Å². The number of imidazole rings is 1. The van der Waals surface area contributed by atoms with Gasteiger partial charge in [0, 0.05) is 6.54 Å². The monoisotopic (exact) mass is 437 g/mol. The molecule has 6 nitrogen and oxygen atoms in total. The second-order valence-electron chi connectivity index (χ2n) is 11.7. The van der Waals surface area contributed by atoms with Gasteiger partial charge in [-0.3, -0.25) is 5.21 Å². The number of aryl methyl sites for hydroxylation is 2. The summed E-state index contributed by atoms with van der Waals surface area (Å²) in [6.07, 6.45) is 10.7. The van der Waals surface area contributed by atoms with Gasteiger partial charge in [-0.25, -0.2) is 20.0 Å². The molecule has 0 saturated heterocycles. The number of hydrogen-bond acceptors (Lipinski definition) is 5. The van der Waals surface area contributed by atoms with Gasteiger partial charge in [0.1, 0.15) is 17.7 Å². The van der Waals surface area contributed by atoms with Crippen molar-refractivity contribution >= 4 is 17.0 Å². The summed E-state index contributed by atoms with van der Waals surface area (Å²) in [5.41, 5.74) is 3.13. The molecule has 2 aliphatic carbocycles. The maximum Gasteiger partial charge on any atom is 0.183 e. The van der Waals surface area contributed by atoms with E-state index in [0.29, 0.717) is 23.3 Å². The number of anilines is 1. The summed E-state index contributed by atoms with van der Waals surface area (Å²) >= 11 is 0. The lowest BCUT2D eigenvalue weighted by molar-refractivity contribution is -0.0605. The Hall–Kier alpha value is -1.95. The highest BCUT2D eigenvalue weighted by Crippen LogP contribution is 2.63. The van der Waals surface area contributed by atoms with Crippen molar-refractivity contribution < 1.29 is 5.21 Å². The topological polar surface area (TPSA) is 67.1 Å². The molecular formula is C26H39N5O. The van der Waals surface area contributed by atoms with E-state index in [1.54, 1.807) is 0 Å². The molecule has 5 atom stereocenters. The first-order valence-corrected chi connectivity index (χ1v) is 12.5. The molecule has 3 heterocycles. The van der Waals surface area contributed by atoms with Crippen LogP contribution in [0.3, 0.4) is 0 Å². The van der Waals surface area contributed by atoms with E-state index in [0.717, 1.165) is 37.1 Å². The first kappa shape index (κ1) is 21.9. The molecule has 0 spiro atoms. The molecule has 1 N–H and O–H groups in total. The Kier molecular flexibility index (Phi) is 4.97. The largest absolute Gasteiger partial charge is 0.324 e. The number of rotatable bonds is 3. The second-order valence-corrected chi connectivity index (χ2v) is 11.7. The Balaban J connectivity index is 1.45. The van der Waals surface area contributed by atoms with Gasteiger partial charge >= 0.3 is 0 Å². The van der Waals surface area contributed by atoms with Crippen LogP contribution in [0, 0.1) is 29.6 Å². The third-order valence-corrected chi connectivity index (χ3v) is 10.1. The van der Waals surface area contributed by atoms with E-state index in [2.05, 4.69) is 53.8 Å². The average molecular weight is 438 g/mol. The van der Waals surface area contributed by atoms with Crippen LogP contribution < -0.4 is 5.06 Å². The molecule has 2 saturated carbocycles. The predicted octanol–water partition coefficient (Wildman–Crippen LogP) is 6.07. The Morgan fingerprint density at radius 2 is 1.94 bits per heavy atom. The molecule has 174 valence electrons. The van der Waals surface area contributed by atoms with Gasteiger partial charge in [0.05, 0.1) is 5.54 Å². The first-order chi connectivity index (χ1) is 15.1. The Morgan fingerprint density at radius 1 is 1.16 bits per heavy atom. The summed E-state index contributed by atoms with van der Waals surface area (Å²) in [5.74, 6) is 2.88. The first-order valence-electron chi connectivity index (χ1n) is 12.5. The van der Waals surface area contributed by atoms with Crippen molar-refractivity contribution in [2.75, 3.05) is 5.06 Å². The van der Waals surface area contributed by atoms with Crippen molar-refractivity contribution in [1.29, 1.82) is 0 Å². The van der Waals surface area contributed by atoms with E-state index >= 15 is 0 Å². The fourth-order valence-electron chi connectivity index (χ4n) is 7.36. The van der Waals surface area contributed by atoms with E-state index in [4.69, 9.17) is 0 Å². The molecule has 32 heavy (non-hydrogen) atoms. The van der Waals surface area contributed by atoms with Gasteiger partial charge in [-0.1, -0.05) is 32.9 Å². The maximum absolute atomic E-state index is 11.5. The zero-order valence-corrected chi connectivity index (χ0v) is 20.5. The minimum Gasteiger partial charge on any atom is -0.324 e.